The number of carbonyl (C=O) groups excluding carboxylic acids is 1. The van der Waals surface area contributed by atoms with Gasteiger partial charge in [0.1, 0.15) is 0 Å². The summed E-state index contributed by atoms with van der Waals surface area (Å²) >= 11 is 1.43. The van der Waals surface area contributed by atoms with E-state index in [0.717, 1.165) is 21.8 Å². The molecule has 1 aromatic carbocycles. The Morgan fingerprint density at radius 1 is 1.38 bits per heavy atom. The molecule has 0 bridgehead atoms. The molecule has 1 atom stereocenters. The number of aryl methyl sites for hydroxylation is 1. The lowest BCUT2D eigenvalue weighted by molar-refractivity contribution is -0.117. The van der Waals surface area contributed by atoms with Crippen LogP contribution in [0.25, 0.3) is 0 Å². The molecule has 2 heterocycles. The first kappa shape index (κ1) is 22.3. The van der Waals surface area contributed by atoms with E-state index in [1.165, 1.54) is 33.6 Å². The number of aliphatic hydroxyl groups is 1. The first-order chi connectivity index (χ1) is 13.6. The standard InChI is InChI=1S/C22H30N2O3S2/c1-6-14-7-15-10-27-11-18(15)21(13(2)3)17(14)9-19(25)24-29(23)20-8-16(12-28-20)22(4,5)26/h7-8,12-13,26H,6,9-11H2,1-5H3,(H2,23,24,25). The molecule has 158 valence electrons. The van der Waals surface area contributed by atoms with Crippen molar-refractivity contribution in [1.82, 2.24) is 0 Å². The Morgan fingerprint density at radius 2 is 2.10 bits per heavy atom. The molecule has 0 aliphatic carbocycles. The van der Waals surface area contributed by atoms with E-state index in [-0.39, 0.29) is 12.3 Å². The molecular weight excluding hydrogens is 404 g/mol. The number of nitrogens with zero attached hydrogens (tertiary/aromatic N) is 1. The number of nitrogens with two attached hydrogens (primary N) is 1. The van der Waals surface area contributed by atoms with Gasteiger partial charge in [0.2, 0.25) is 0 Å². The highest BCUT2D eigenvalue weighted by Crippen LogP contribution is 2.35. The van der Waals surface area contributed by atoms with Gasteiger partial charge < -0.3 is 9.84 Å². The third kappa shape index (κ3) is 4.86. The van der Waals surface area contributed by atoms with Crippen molar-refractivity contribution in [2.24, 2.45) is 9.50 Å². The van der Waals surface area contributed by atoms with Gasteiger partial charge in [-0.2, -0.15) is 4.36 Å². The lowest BCUT2D eigenvalue weighted by Crippen LogP contribution is -2.14. The largest absolute Gasteiger partial charge is 0.386 e. The first-order valence-corrected chi connectivity index (χ1v) is 12.0. The fraction of sp³-hybridized carbons (Fsp3) is 0.500. The van der Waals surface area contributed by atoms with Crippen molar-refractivity contribution in [3.63, 3.8) is 0 Å². The summed E-state index contributed by atoms with van der Waals surface area (Å²) in [5.74, 6) is 0.104. The van der Waals surface area contributed by atoms with E-state index in [1.807, 2.05) is 11.4 Å². The monoisotopic (exact) mass is 434 g/mol. The highest BCUT2D eigenvalue weighted by Gasteiger charge is 2.24. The van der Waals surface area contributed by atoms with Crippen molar-refractivity contribution in [1.29, 1.82) is 0 Å². The van der Waals surface area contributed by atoms with E-state index < -0.39 is 16.5 Å². The number of hydrogen-bond acceptors (Lipinski definition) is 4. The molecule has 0 spiro atoms. The fourth-order valence-corrected chi connectivity index (χ4v) is 5.85. The Labute approximate surface area is 179 Å². The van der Waals surface area contributed by atoms with E-state index in [1.54, 1.807) is 13.8 Å². The van der Waals surface area contributed by atoms with Crippen LogP contribution >= 0.6 is 11.3 Å². The molecule has 3 rings (SSSR count). The summed E-state index contributed by atoms with van der Waals surface area (Å²) in [4.78, 5) is 12.8. The maximum atomic E-state index is 12.8. The van der Waals surface area contributed by atoms with Crippen LogP contribution in [-0.4, -0.2) is 11.0 Å². The van der Waals surface area contributed by atoms with Crippen LogP contribution in [0.15, 0.2) is 26.1 Å². The molecule has 1 unspecified atom stereocenters. The Bertz CT molecular complexity index is 956. The normalized spacial score (nSPS) is 15.2. The van der Waals surface area contributed by atoms with E-state index in [9.17, 15) is 9.90 Å². The van der Waals surface area contributed by atoms with E-state index in [0.29, 0.717) is 19.1 Å². The third-order valence-corrected chi connectivity index (χ3v) is 7.71. The highest BCUT2D eigenvalue weighted by molar-refractivity contribution is 7.87. The maximum absolute atomic E-state index is 12.8. The summed E-state index contributed by atoms with van der Waals surface area (Å²) in [5, 5.41) is 18.2. The van der Waals surface area contributed by atoms with Crippen molar-refractivity contribution >= 4 is 28.1 Å². The molecule has 1 aromatic heterocycles. The van der Waals surface area contributed by atoms with Gasteiger partial charge in [-0.3, -0.25) is 9.93 Å². The number of ether oxygens (including phenoxy) is 1. The maximum Gasteiger partial charge on any atom is 0.257 e. The van der Waals surface area contributed by atoms with E-state index >= 15 is 0 Å². The van der Waals surface area contributed by atoms with Crippen LogP contribution in [-0.2, 0) is 52.1 Å². The molecule has 1 aliphatic heterocycles. The number of benzene rings is 1. The van der Waals surface area contributed by atoms with E-state index in [2.05, 4.69) is 31.2 Å². The van der Waals surface area contributed by atoms with Crippen LogP contribution in [0.1, 0.15) is 73.9 Å². The summed E-state index contributed by atoms with van der Waals surface area (Å²) in [6.45, 7) is 11.2. The van der Waals surface area contributed by atoms with Gasteiger partial charge >= 0.3 is 0 Å². The van der Waals surface area contributed by atoms with Crippen molar-refractivity contribution in [3.8, 4) is 0 Å². The van der Waals surface area contributed by atoms with Crippen molar-refractivity contribution in [3.05, 3.63) is 50.9 Å². The van der Waals surface area contributed by atoms with Gasteiger partial charge in [-0.25, -0.2) is 0 Å². The van der Waals surface area contributed by atoms with Gasteiger partial charge in [0.25, 0.3) is 5.91 Å². The number of hydrogen-bond donors (Lipinski definition) is 2. The zero-order valence-corrected chi connectivity index (χ0v) is 19.4. The minimum absolute atomic E-state index is 0.204. The molecule has 29 heavy (non-hydrogen) atoms. The Kier molecular flexibility index (Phi) is 6.75. The zero-order valence-electron chi connectivity index (χ0n) is 17.7. The summed E-state index contributed by atoms with van der Waals surface area (Å²) in [5.41, 5.74) is 5.85. The topological polar surface area (TPSA) is 84.9 Å². The molecule has 0 radical (unpaired) electrons. The molecule has 1 amide bonds. The number of rotatable bonds is 6. The number of thiophene rings is 1. The van der Waals surface area contributed by atoms with Crippen LogP contribution in [0.4, 0.5) is 0 Å². The van der Waals surface area contributed by atoms with Crippen LogP contribution in [0.3, 0.4) is 0 Å². The first-order valence-electron chi connectivity index (χ1n) is 9.90. The average Bonchev–Trinajstić information content (AvgIpc) is 3.29. The molecule has 0 saturated carbocycles. The van der Waals surface area contributed by atoms with Crippen molar-refractivity contribution < 1.29 is 14.6 Å². The van der Waals surface area contributed by atoms with Crippen LogP contribution < -0.4 is 5.14 Å². The lowest BCUT2D eigenvalue weighted by atomic mass is 9.84. The number of fused-ring (bicyclic) bond motifs is 1. The summed E-state index contributed by atoms with van der Waals surface area (Å²) < 4.78 is 10.7. The molecule has 7 heteroatoms. The van der Waals surface area contributed by atoms with Crippen LogP contribution in [0, 0.1) is 0 Å². The third-order valence-electron chi connectivity index (χ3n) is 5.25. The van der Waals surface area contributed by atoms with Crippen LogP contribution in [0.2, 0.25) is 0 Å². The molecule has 0 saturated heterocycles. The molecule has 0 fully saturated rings. The minimum atomic E-state index is -1.02. The summed E-state index contributed by atoms with van der Waals surface area (Å²) in [6, 6.07) is 4.03. The fourth-order valence-electron chi connectivity index (χ4n) is 3.78. The molecule has 1 aliphatic rings. The zero-order chi connectivity index (χ0) is 21.3. The SMILES string of the molecule is CCc1cc2c(c(C(C)C)c1CC(=O)N=S(N)c1cc(C(C)(C)O)cs1)COC2. The average molecular weight is 435 g/mol. The van der Waals surface area contributed by atoms with Crippen LogP contribution in [0.5, 0.6) is 0 Å². The smallest absolute Gasteiger partial charge is 0.257 e. The Hall–Kier alpha value is -1.38. The second-order valence-electron chi connectivity index (χ2n) is 8.26. The second-order valence-corrected chi connectivity index (χ2v) is 10.7. The second kappa shape index (κ2) is 8.78. The van der Waals surface area contributed by atoms with Gasteiger partial charge in [-0.15, -0.1) is 11.3 Å². The van der Waals surface area contributed by atoms with Gasteiger partial charge in [0.05, 0.1) is 29.4 Å². The Morgan fingerprint density at radius 3 is 2.69 bits per heavy atom. The molecule has 5 nitrogen and oxygen atoms in total. The van der Waals surface area contributed by atoms with Gasteiger partial charge in [0, 0.05) is 10.9 Å². The summed E-state index contributed by atoms with van der Waals surface area (Å²) in [6.07, 6.45) is 1.12. The Balaban J connectivity index is 1.91. The lowest BCUT2D eigenvalue weighted by Gasteiger charge is -2.20. The number of amides is 1. The molecule has 2 aromatic rings. The van der Waals surface area contributed by atoms with Crippen molar-refractivity contribution in [2.45, 2.75) is 76.4 Å². The highest BCUT2D eigenvalue weighted by atomic mass is 32.2. The van der Waals surface area contributed by atoms with Gasteiger partial charge in [-0.1, -0.05) is 26.8 Å². The van der Waals surface area contributed by atoms with Crippen molar-refractivity contribution in [2.75, 3.05) is 0 Å². The molecule has 3 N–H and O–H groups in total. The van der Waals surface area contributed by atoms with Gasteiger partial charge in [-0.05, 0) is 71.0 Å². The minimum Gasteiger partial charge on any atom is -0.386 e. The van der Waals surface area contributed by atoms with E-state index in [4.69, 9.17) is 9.88 Å². The quantitative estimate of drug-likeness (QED) is 0.701. The number of carbonyl (C=O) groups is 1. The predicted octanol–water partition coefficient (Wildman–Crippen LogP) is 4.50. The van der Waals surface area contributed by atoms with Gasteiger partial charge in [0.15, 0.2) is 0 Å². The summed E-state index contributed by atoms with van der Waals surface area (Å²) in [7, 11) is -1.02. The predicted molar refractivity (Wildman–Crippen MR) is 119 cm³/mol. The molecular formula is C22H30N2O3S2.